The molecule has 1 aliphatic rings. The van der Waals surface area contributed by atoms with Gasteiger partial charge in [0.25, 0.3) is 0 Å². The largest absolute Gasteiger partial charge is 0.465 e. The van der Waals surface area contributed by atoms with Crippen LogP contribution in [0.2, 0.25) is 0 Å². The number of esters is 1. The maximum absolute atomic E-state index is 11.7. The van der Waals surface area contributed by atoms with Gasteiger partial charge in [0.2, 0.25) is 5.95 Å². The number of ether oxygens (including phenoxy) is 1. The second kappa shape index (κ2) is 8.51. The van der Waals surface area contributed by atoms with E-state index in [0.717, 1.165) is 43.6 Å². The Bertz CT molecular complexity index is 975. The normalized spacial score (nSPS) is 13.8. The number of rotatable bonds is 5. The molecule has 4 rings (SSSR count). The van der Waals surface area contributed by atoms with E-state index < -0.39 is 0 Å². The van der Waals surface area contributed by atoms with Gasteiger partial charge in [0, 0.05) is 50.3 Å². The molecule has 2 aromatic heterocycles. The fourth-order valence-electron chi connectivity index (χ4n) is 3.17. The fraction of sp³-hybridized carbons (Fsp3) is 0.250. The van der Waals surface area contributed by atoms with Gasteiger partial charge in [0.05, 0.1) is 12.7 Å². The van der Waals surface area contributed by atoms with Gasteiger partial charge in [0.1, 0.15) is 18.0 Å². The number of hydrogen-bond acceptors (Lipinski definition) is 9. The molecule has 1 saturated heterocycles. The van der Waals surface area contributed by atoms with Gasteiger partial charge in [-0.3, -0.25) is 0 Å². The first-order valence-electron chi connectivity index (χ1n) is 9.27. The number of carbonyl (C=O) groups excluding carboxylic acids is 1. The van der Waals surface area contributed by atoms with E-state index in [1.54, 1.807) is 30.6 Å². The molecule has 1 N–H and O–H groups in total. The Hall–Kier alpha value is -3.75. The molecular formula is C20H21N7O2. The molecule has 0 spiro atoms. The Labute approximate surface area is 168 Å². The average molecular weight is 391 g/mol. The minimum atomic E-state index is -0.378. The molecular weight excluding hydrogens is 370 g/mol. The lowest BCUT2D eigenvalue weighted by molar-refractivity contribution is 0.0601. The second-order valence-corrected chi connectivity index (χ2v) is 6.48. The highest BCUT2D eigenvalue weighted by Crippen LogP contribution is 2.21. The van der Waals surface area contributed by atoms with Crippen molar-refractivity contribution in [2.75, 3.05) is 48.4 Å². The van der Waals surface area contributed by atoms with Crippen LogP contribution in [0.1, 0.15) is 10.4 Å². The lowest BCUT2D eigenvalue weighted by Crippen LogP contribution is -2.47. The predicted molar refractivity (Wildman–Crippen MR) is 110 cm³/mol. The Morgan fingerprint density at radius 2 is 1.72 bits per heavy atom. The summed E-state index contributed by atoms with van der Waals surface area (Å²) in [5.74, 6) is 1.88. The van der Waals surface area contributed by atoms with Gasteiger partial charge in [-0.05, 0) is 24.3 Å². The van der Waals surface area contributed by atoms with E-state index in [4.69, 9.17) is 4.74 Å². The third kappa shape index (κ3) is 4.40. The van der Waals surface area contributed by atoms with Gasteiger partial charge in [0.15, 0.2) is 0 Å². The molecule has 29 heavy (non-hydrogen) atoms. The number of nitrogens with zero attached hydrogens (tertiary/aromatic N) is 6. The molecule has 0 unspecified atom stereocenters. The Balaban J connectivity index is 1.42. The fourth-order valence-corrected chi connectivity index (χ4v) is 3.17. The number of methoxy groups -OCH3 is 1. The number of hydrogen-bond donors (Lipinski definition) is 1. The highest BCUT2D eigenvalue weighted by atomic mass is 16.5. The number of carbonyl (C=O) groups is 1. The minimum absolute atomic E-state index is 0.378. The molecule has 1 aromatic carbocycles. The predicted octanol–water partition coefficient (Wildman–Crippen LogP) is 2.12. The third-order valence-corrected chi connectivity index (χ3v) is 4.65. The maximum atomic E-state index is 11.7. The van der Waals surface area contributed by atoms with Crippen molar-refractivity contribution in [1.82, 2.24) is 19.9 Å². The number of aromatic nitrogens is 4. The topological polar surface area (TPSA) is 96.4 Å². The van der Waals surface area contributed by atoms with Gasteiger partial charge >= 0.3 is 5.97 Å². The summed E-state index contributed by atoms with van der Waals surface area (Å²) < 4.78 is 4.77. The molecule has 148 valence electrons. The van der Waals surface area contributed by atoms with Crippen LogP contribution in [-0.4, -0.2) is 59.2 Å². The average Bonchev–Trinajstić information content (AvgIpc) is 2.79. The van der Waals surface area contributed by atoms with Crippen LogP contribution >= 0.6 is 0 Å². The molecule has 0 saturated carbocycles. The van der Waals surface area contributed by atoms with E-state index in [9.17, 15) is 4.79 Å². The second-order valence-electron chi connectivity index (χ2n) is 6.48. The summed E-state index contributed by atoms with van der Waals surface area (Å²) in [5.41, 5.74) is 1.23. The summed E-state index contributed by atoms with van der Waals surface area (Å²) >= 11 is 0. The van der Waals surface area contributed by atoms with Gasteiger partial charge in [-0.2, -0.15) is 0 Å². The summed E-state index contributed by atoms with van der Waals surface area (Å²) in [6.45, 7) is 3.26. The van der Waals surface area contributed by atoms with E-state index in [1.807, 2.05) is 18.2 Å². The van der Waals surface area contributed by atoms with Crippen molar-refractivity contribution in [3.05, 3.63) is 60.7 Å². The Morgan fingerprint density at radius 3 is 2.48 bits per heavy atom. The molecule has 0 bridgehead atoms. The van der Waals surface area contributed by atoms with Crippen LogP contribution in [0.5, 0.6) is 0 Å². The van der Waals surface area contributed by atoms with E-state index in [-0.39, 0.29) is 5.97 Å². The summed E-state index contributed by atoms with van der Waals surface area (Å²) in [6, 6.07) is 10.8. The van der Waals surface area contributed by atoms with Crippen molar-refractivity contribution in [1.29, 1.82) is 0 Å². The highest BCUT2D eigenvalue weighted by molar-refractivity contribution is 5.90. The van der Waals surface area contributed by atoms with E-state index >= 15 is 0 Å². The first-order chi connectivity index (χ1) is 14.2. The van der Waals surface area contributed by atoms with E-state index in [1.165, 1.54) is 13.4 Å². The quantitative estimate of drug-likeness (QED) is 0.656. The minimum Gasteiger partial charge on any atom is -0.465 e. The molecule has 1 fully saturated rings. The zero-order valence-electron chi connectivity index (χ0n) is 16.0. The van der Waals surface area contributed by atoms with Crippen LogP contribution in [-0.2, 0) is 4.74 Å². The summed E-state index contributed by atoms with van der Waals surface area (Å²) in [7, 11) is 1.36. The van der Waals surface area contributed by atoms with Crippen LogP contribution < -0.4 is 15.1 Å². The van der Waals surface area contributed by atoms with Gasteiger partial charge < -0.3 is 19.9 Å². The molecule has 0 aliphatic carbocycles. The van der Waals surface area contributed by atoms with Crippen molar-refractivity contribution in [2.45, 2.75) is 0 Å². The van der Waals surface area contributed by atoms with Crippen LogP contribution in [0.15, 0.2) is 55.1 Å². The van der Waals surface area contributed by atoms with Crippen molar-refractivity contribution in [2.24, 2.45) is 0 Å². The highest BCUT2D eigenvalue weighted by Gasteiger charge is 2.20. The number of anilines is 4. The molecule has 0 atom stereocenters. The van der Waals surface area contributed by atoms with Crippen LogP contribution in [0.3, 0.4) is 0 Å². The van der Waals surface area contributed by atoms with Crippen molar-refractivity contribution >= 4 is 29.2 Å². The molecule has 3 aromatic rings. The Kier molecular flexibility index (Phi) is 5.46. The summed E-state index contributed by atoms with van der Waals surface area (Å²) in [6.07, 6.45) is 5.05. The molecule has 1 aliphatic heterocycles. The third-order valence-electron chi connectivity index (χ3n) is 4.65. The zero-order chi connectivity index (χ0) is 20.1. The lowest BCUT2D eigenvalue weighted by Gasteiger charge is -2.35. The standard InChI is InChI=1S/C20H21N7O2/c1-29-19(28)15-4-2-5-16(12-15)25-17-13-18(24-14-23-17)26-8-10-27(11-9-26)20-21-6-3-7-22-20/h2-7,12-14H,8-11H2,1H3,(H,23,24,25). The first kappa shape index (κ1) is 18.6. The molecule has 0 amide bonds. The van der Waals surface area contributed by atoms with Crippen LogP contribution in [0, 0.1) is 0 Å². The first-order valence-corrected chi connectivity index (χ1v) is 9.27. The van der Waals surface area contributed by atoms with E-state index in [0.29, 0.717) is 11.4 Å². The zero-order valence-corrected chi connectivity index (χ0v) is 16.0. The smallest absolute Gasteiger partial charge is 0.337 e. The van der Waals surface area contributed by atoms with E-state index in [2.05, 4.69) is 35.1 Å². The number of piperazine rings is 1. The lowest BCUT2D eigenvalue weighted by atomic mass is 10.2. The summed E-state index contributed by atoms with van der Waals surface area (Å²) in [4.78, 5) is 33.4. The SMILES string of the molecule is COC(=O)c1cccc(Nc2cc(N3CCN(c4ncccn4)CC3)ncn2)c1. The van der Waals surface area contributed by atoms with Crippen molar-refractivity contribution < 1.29 is 9.53 Å². The van der Waals surface area contributed by atoms with Crippen molar-refractivity contribution in [3.8, 4) is 0 Å². The van der Waals surface area contributed by atoms with Crippen LogP contribution in [0.4, 0.5) is 23.3 Å². The van der Waals surface area contributed by atoms with Gasteiger partial charge in [-0.25, -0.2) is 24.7 Å². The van der Waals surface area contributed by atoms with Crippen LogP contribution in [0.25, 0.3) is 0 Å². The number of nitrogens with one attached hydrogen (secondary N) is 1. The van der Waals surface area contributed by atoms with Gasteiger partial charge in [-0.1, -0.05) is 6.07 Å². The Morgan fingerprint density at radius 1 is 0.966 bits per heavy atom. The molecule has 0 radical (unpaired) electrons. The molecule has 9 heteroatoms. The maximum Gasteiger partial charge on any atom is 0.337 e. The van der Waals surface area contributed by atoms with Crippen molar-refractivity contribution in [3.63, 3.8) is 0 Å². The van der Waals surface area contributed by atoms with Gasteiger partial charge in [-0.15, -0.1) is 0 Å². The number of benzene rings is 1. The monoisotopic (exact) mass is 391 g/mol. The summed E-state index contributed by atoms with van der Waals surface area (Å²) in [5, 5.41) is 3.22. The molecule has 3 heterocycles. The molecule has 9 nitrogen and oxygen atoms in total.